The van der Waals surface area contributed by atoms with Crippen LogP contribution in [0.4, 0.5) is 0 Å². The number of para-hydroxylation sites is 1. The summed E-state index contributed by atoms with van der Waals surface area (Å²) in [6.45, 7) is 6.64. The first kappa shape index (κ1) is 33.5. The monoisotopic (exact) mass is 841 g/mol. The molecule has 0 fully saturated rings. The van der Waals surface area contributed by atoms with Gasteiger partial charge in [-0.25, -0.2) is 0 Å². The molecule has 0 N–H and O–H groups in total. The van der Waals surface area contributed by atoms with E-state index in [1.54, 1.807) is 0 Å². The molecule has 7 rings (SSSR count). The van der Waals surface area contributed by atoms with Crippen LogP contribution < -0.4 is 4.40 Å². The maximum Gasteiger partial charge on any atom is 0 e. The van der Waals surface area contributed by atoms with Crippen molar-refractivity contribution in [3.63, 3.8) is 0 Å². The Morgan fingerprint density at radius 1 is 0.674 bits per heavy atom. The van der Waals surface area contributed by atoms with Gasteiger partial charge in [0.2, 0.25) is 0 Å². The summed E-state index contributed by atoms with van der Waals surface area (Å²) in [6, 6.07) is 43.8. The summed E-state index contributed by atoms with van der Waals surface area (Å²) in [7, 11) is 0. The molecule has 5 heteroatoms. The normalized spacial score (nSPS) is 11.5. The van der Waals surface area contributed by atoms with Gasteiger partial charge in [-0.1, -0.05) is 86.3 Å². The zero-order valence-electron chi connectivity index (χ0n) is 27.2. The molecule has 0 saturated heterocycles. The van der Waals surface area contributed by atoms with Gasteiger partial charge in [0.25, 0.3) is 0 Å². The van der Waals surface area contributed by atoms with Crippen molar-refractivity contribution in [2.24, 2.45) is 0 Å². The molecule has 3 aromatic heterocycles. The number of pyridine rings is 2. The van der Waals surface area contributed by atoms with Crippen molar-refractivity contribution in [3.05, 3.63) is 139 Å². The maximum atomic E-state index is 6.48. The third kappa shape index (κ3) is 7.26. The van der Waals surface area contributed by atoms with Gasteiger partial charge < -0.3 is 9.40 Å². The van der Waals surface area contributed by atoms with Crippen LogP contribution in [-0.4, -0.2) is 23.2 Å². The summed E-state index contributed by atoms with van der Waals surface area (Å²) in [5.74, 6) is 7.14. The van der Waals surface area contributed by atoms with Gasteiger partial charge in [-0.15, -0.1) is 18.2 Å². The van der Waals surface area contributed by atoms with Crippen molar-refractivity contribution >= 4 is 39.6 Å². The molecule has 0 aliphatic rings. The number of nitrogens with zero attached hydrogens (tertiary/aromatic N) is 2. The summed E-state index contributed by atoms with van der Waals surface area (Å²) in [6.07, 6.45) is 3.91. The van der Waals surface area contributed by atoms with Crippen molar-refractivity contribution in [2.45, 2.75) is 43.5 Å². The van der Waals surface area contributed by atoms with Gasteiger partial charge in [-0.3, -0.25) is 0 Å². The smallest absolute Gasteiger partial charge is 0 e. The minimum absolute atomic E-state index is 0. The van der Waals surface area contributed by atoms with Gasteiger partial charge in [0.1, 0.15) is 5.58 Å². The van der Waals surface area contributed by atoms with Crippen LogP contribution in [0.1, 0.15) is 26.3 Å². The van der Waals surface area contributed by atoms with Crippen LogP contribution in [0.2, 0.25) is 17.3 Å². The summed E-state index contributed by atoms with van der Waals surface area (Å²) in [4.78, 5) is 9.16. The van der Waals surface area contributed by atoms with Gasteiger partial charge in [-0.2, -0.15) is 0 Å². The Labute approximate surface area is 288 Å². The summed E-state index contributed by atoms with van der Waals surface area (Å²) in [5.41, 5.74) is 9.16. The van der Waals surface area contributed by atoms with Crippen LogP contribution in [0.15, 0.2) is 126 Å². The minimum Gasteiger partial charge on any atom is 0 e. The van der Waals surface area contributed by atoms with Gasteiger partial charge in [-0.05, 0) is 28.3 Å². The Balaban J connectivity index is 0.000000209. The van der Waals surface area contributed by atoms with Crippen molar-refractivity contribution in [1.29, 1.82) is 0 Å². The number of rotatable bonds is 4. The zero-order valence-corrected chi connectivity index (χ0v) is 31.7. The summed E-state index contributed by atoms with van der Waals surface area (Å²) >= 11 is -1.72. The number of fused-ring (bicyclic) bond motifs is 3. The third-order valence-corrected chi connectivity index (χ3v) is 12.3. The largest absolute Gasteiger partial charge is 0 e. The molecule has 0 bridgehead atoms. The fourth-order valence-electron chi connectivity index (χ4n) is 5.38. The van der Waals surface area contributed by atoms with Gasteiger partial charge >= 0.3 is 99.8 Å². The predicted octanol–water partition coefficient (Wildman–Crippen LogP) is 10.5. The minimum atomic E-state index is -1.72. The van der Waals surface area contributed by atoms with Crippen LogP contribution in [0, 0.1) is 12.1 Å². The molecule has 0 amide bonds. The molecule has 3 nitrogen and oxygen atoms in total. The molecule has 0 atom stereocenters. The quantitative estimate of drug-likeness (QED) is 0.131. The summed E-state index contributed by atoms with van der Waals surface area (Å²) in [5, 5.41) is 2.21. The van der Waals surface area contributed by atoms with Crippen molar-refractivity contribution < 1.29 is 24.5 Å². The zero-order chi connectivity index (χ0) is 31.6. The number of hydrogen-bond acceptors (Lipinski definition) is 3. The number of benzene rings is 4. The van der Waals surface area contributed by atoms with E-state index in [1.165, 1.54) is 9.96 Å². The molecule has 0 aliphatic heterocycles. The van der Waals surface area contributed by atoms with Crippen LogP contribution in [0.3, 0.4) is 0 Å². The Morgan fingerprint density at radius 2 is 1.43 bits per heavy atom. The Bertz CT molecular complexity index is 2060. The molecule has 7 aromatic rings. The first-order valence-electron chi connectivity index (χ1n) is 15.4. The molecule has 0 aliphatic carbocycles. The Morgan fingerprint density at radius 3 is 2.11 bits per heavy atom. The van der Waals surface area contributed by atoms with Crippen LogP contribution >= 0.6 is 0 Å². The molecule has 233 valence electrons. The third-order valence-electron chi connectivity index (χ3n) is 8.04. The fourth-order valence-corrected chi connectivity index (χ4v) is 7.55. The first-order valence-corrected chi connectivity index (χ1v) is 22.8. The fraction of sp³-hybridized carbons (Fsp3) is 0.171. The molecule has 4 aromatic carbocycles. The molecule has 0 saturated carbocycles. The second kappa shape index (κ2) is 13.9. The Kier molecular flexibility index (Phi) is 10.1. The second-order valence-electron chi connectivity index (χ2n) is 13.4. The van der Waals surface area contributed by atoms with Crippen molar-refractivity contribution in [1.82, 2.24) is 9.97 Å². The second-order valence-corrected chi connectivity index (χ2v) is 24.0. The predicted molar refractivity (Wildman–Crippen MR) is 191 cm³/mol. The van der Waals surface area contributed by atoms with E-state index in [2.05, 4.69) is 133 Å². The van der Waals surface area contributed by atoms with Crippen LogP contribution in [0.5, 0.6) is 0 Å². The maximum absolute atomic E-state index is 6.48. The van der Waals surface area contributed by atoms with Gasteiger partial charge in [0.15, 0.2) is 0 Å². The van der Waals surface area contributed by atoms with E-state index in [0.717, 1.165) is 55.6 Å². The van der Waals surface area contributed by atoms with Crippen molar-refractivity contribution in [3.8, 4) is 33.6 Å². The molecule has 0 unspecified atom stereocenters. The average Bonchev–Trinajstić information content (AvgIpc) is 3.44. The van der Waals surface area contributed by atoms with Gasteiger partial charge in [0.05, 0.1) is 5.58 Å². The van der Waals surface area contributed by atoms with E-state index in [-0.39, 0.29) is 25.5 Å². The van der Waals surface area contributed by atoms with E-state index in [4.69, 9.17) is 4.42 Å². The molecular weight excluding hydrogens is 801 g/mol. The molecule has 0 spiro atoms. The SMILES string of the molecule is CC(C)(C)c1ccnc(-c2[c-]ccc3c2oc2c(-c4ccccc4)cccc23)c1.[CH3][Ge]([CH3])([CH3])[c]1ccc(-c2[c-]cccc2)nc1.[Ir]. The van der Waals surface area contributed by atoms with Crippen LogP contribution in [-0.2, 0) is 25.5 Å². The van der Waals surface area contributed by atoms with Crippen LogP contribution in [0.25, 0.3) is 55.6 Å². The number of hydrogen-bond donors (Lipinski definition) is 0. The topological polar surface area (TPSA) is 38.9 Å². The van der Waals surface area contributed by atoms with Crippen molar-refractivity contribution in [2.75, 3.05) is 0 Å². The summed E-state index contributed by atoms with van der Waals surface area (Å²) < 4.78 is 7.92. The van der Waals surface area contributed by atoms with Gasteiger partial charge in [0, 0.05) is 37.3 Å². The molecule has 46 heavy (non-hydrogen) atoms. The number of furan rings is 1. The molecular formula is C41H38GeIrN2O-2. The van der Waals surface area contributed by atoms with E-state index < -0.39 is 13.3 Å². The number of aromatic nitrogens is 2. The average molecular weight is 840 g/mol. The molecule has 1 radical (unpaired) electrons. The van der Waals surface area contributed by atoms with E-state index in [9.17, 15) is 0 Å². The molecule has 3 heterocycles. The Hall–Kier alpha value is -3.83. The van der Waals surface area contributed by atoms with E-state index in [0.29, 0.717) is 0 Å². The first-order chi connectivity index (χ1) is 21.6. The van der Waals surface area contributed by atoms with E-state index >= 15 is 0 Å². The standard InChI is InChI=1S/C27H22NO.C14H16GeN.Ir/c1-27(2,3)19-15-16-28-24(17-19)23-14-8-13-22-21-12-7-11-20(25(21)29-26(22)23)18-9-5-4-6-10-18;1-15(2,3)13-9-10-14(16-11-13)12-7-5-4-6-8-12;/h4-13,15-17H,1-3H3;4-7,9-11H,1-3H3;/q2*-1;. The van der Waals surface area contributed by atoms with E-state index in [1.807, 2.05) is 48.8 Å².